The van der Waals surface area contributed by atoms with E-state index in [2.05, 4.69) is 50.3 Å². The normalized spacial score (nSPS) is 12.7. The van der Waals surface area contributed by atoms with Crippen molar-refractivity contribution in [2.45, 2.75) is 161 Å². The molecular weight excluding hydrogens is 460 g/mol. The topological polar surface area (TPSA) is 63.6 Å². The average Bonchev–Trinajstić information content (AvgIpc) is 2.87. The standard InChI is InChI=1S/C33H58O4/c1-3-5-7-9-11-13-14-15-16-17-18-19-20-21-23-25-27-29-33(36)37-31(30-32(34)35)28-26-24-22-12-10-8-6-4-2/h11,13,15-16,18-19,31H,3-10,12,14,17,20-30H2,1-2H3,(H,34,35)/b13-11-,16-15-,19-18-. The fourth-order valence-corrected chi connectivity index (χ4v) is 4.32. The number of carbonyl (C=O) groups is 2. The molecule has 0 spiro atoms. The molecule has 0 aromatic rings. The Hall–Kier alpha value is -1.84. The third-order valence-corrected chi connectivity index (χ3v) is 6.60. The highest BCUT2D eigenvalue weighted by molar-refractivity contribution is 5.71. The molecule has 0 saturated carbocycles. The molecule has 0 aliphatic carbocycles. The summed E-state index contributed by atoms with van der Waals surface area (Å²) >= 11 is 0. The van der Waals surface area contributed by atoms with Crippen LogP contribution < -0.4 is 0 Å². The number of aliphatic carboxylic acids is 1. The minimum absolute atomic E-state index is 0.0838. The van der Waals surface area contributed by atoms with Crippen LogP contribution >= 0.6 is 0 Å². The Bertz CT molecular complexity index is 605. The summed E-state index contributed by atoms with van der Waals surface area (Å²) in [5.74, 6) is -1.14. The van der Waals surface area contributed by atoms with Crippen LogP contribution in [0.1, 0.15) is 155 Å². The zero-order chi connectivity index (χ0) is 27.2. The lowest BCUT2D eigenvalue weighted by Gasteiger charge is -2.16. The van der Waals surface area contributed by atoms with Crippen LogP contribution in [0.5, 0.6) is 0 Å². The number of carbonyl (C=O) groups excluding carboxylic acids is 1. The van der Waals surface area contributed by atoms with Crippen LogP contribution in [-0.4, -0.2) is 23.1 Å². The lowest BCUT2D eigenvalue weighted by Crippen LogP contribution is -2.21. The molecule has 0 saturated heterocycles. The highest BCUT2D eigenvalue weighted by Gasteiger charge is 2.17. The smallest absolute Gasteiger partial charge is 0.307 e. The lowest BCUT2D eigenvalue weighted by atomic mass is 10.0. The van der Waals surface area contributed by atoms with Crippen LogP contribution in [0.4, 0.5) is 0 Å². The fraction of sp³-hybridized carbons (Fsp3) is 0.758. The Balaban J connectivity index is 3.75. The Labute approximate surface area is 229 Å². The van der Waals surface area contributed by atoms with Crippen molar-refractivity contribution in [1.82, 2.24) is 0 Å². The molecule has 0 radical (unpaired) electrons. The van der Waals surface area contributed by atoms with Gasteiger partial charge in [-0.05, 0) is 57.8 Å². The number of allylic oxidation sites excluding steroid dienone is 6. The van der Waals surface area contributed by atoms with E-state index in [9.17, 15) is 9.59 Å². The fourth-order valence-electron chi connectivity index (χ4n) is 4.32. The molecule has 0 heterocycles. The Morgan fingerprint density at radius 1 is 0.622 bits per heavy atom. The van der Waals surface area contributed by atoms with E-state index in [4.69, 9.17) is 9.84 Å². The molecule has 4 heteroatoms. The Kier molecular flexibility index (Phi) is 27.3. The highest BCUT2D eigenvalue weighted by atomic mass is 16.5. The van der Waals surface area contributed by atoms with E-state index in [0.717, 1.165) is 57.8 Å². The van der Waals surface area contributed by atoms with Gasteiger partial charge in [0.15, 0.2) is 0 Å². The molecule has 4 nitrogen and oxygen atoms in total. The molecule has 0 aliphatic heterocycles. The van der Waals surface area contributed by atoms with Crippen molar-refractivity contribution in [3.8, 4) is 0 Å². The van der Waals surface area contributed by atoms with Gasteiger partial charge in [-0.25, -0.2) is 0 Å². The summed E-state index contributed by atoms with van der Waals surface area (Å²) in [6.07, 6.45) is 35.8. The maximum Gasteiger partial charge on any atom is 0.307 e. The predicted octanol–water partition coefficient (Wildman–Crippen LogP) is 10.3. The second kappa shape index (κ2) is 28.7. The van der Waals surface area contributed by atoms with Gasteiger partial charge in [-0.1, -0.05) is 121 Å². The highest BCUT2D eigenvalue weighted by Crippen LogP contribution is 2.15. The van der Waals surface area contributed by atoms with Gasteiger partial charge in [0.1, 0.15) is 6.10 Å². The number of hydrogen-bond donors (Lipinski definition) is 1. The van der Waals surface area contributed by atoms with Crippen molar-refractivity contribution in [1.29, 1.82) is 0 Å². The second-order valence-corrected chi connectivity index (χ2v) is 10.3. The van der Waals surface area contributed by atoms with Gasteiger partial charge in [-0.15, -0.1) is 0 Å². The number of hydrogen-bond acceptors (Lipinski definition) is 3. The lowest BCUT2D eigenvalue weighted by molar-refractivity contribution is -0.153. The van der Waals surface area contributed by atoms with Gasteiger partial charge in [0.05, 0.1) is 6.42 Å². The average molecular weight is 519 g/mol. The molecule has 1 atom stereocenters. The summed E-state index contributed by atoms with van der Waals surface area (Å²) < 4.78 is 5.51. The van der Waals surface area contributed by atoms with Crippen molar-refractivity contribution >= 4 is 11.9 Å². The Morgan fingerprint density at radius 3 is 1.68 bits per heavy atom. The maximum atomic E-state index is 12.2. The van der Waals surface area contributed by atoms with E-state index in [0.29, 0.717) is 12.8 Å². The molecular formula is C33H58O4. The van der Waals surface area contributed by atoms with E-state index in [1.165, 1.54) is 64.2 Å². The number of carboxylic acid groups (broad SMARTS) is 1. The van der Waals surface area contributed by atoms with Crippen LogP contribution in [0.15, 0.2) is 36.5 Å². The van der Waals surface area contributed by atoms with Crippen molar-refractivity contribution in [2.24, 2.45) is 0 Å². The molecule has 0 amide bonds. The number of rotatable bonds is 27. The SMILES string of the molecule is CCCCC/C=C\C/C=C\C/C=C\CCCCCCC(=O)OC(CCCCCCCCCC)CC(=O)O. The first-order chi connectivity index (χ1) is 18.1. The molecule has 0 aromatic carbocycles. The zero-order valence-electron chi connectivity index (χ0n) is 24.3. The molecule has 37 heavy (non-hydrogen) atoms. The molecule has 0 rings (SSSR count). The summed E-state index contributed by atoms with van der Waals surface area (Å²) in [4.78, 5) is 23.3. The molecule has 1 N–H and O–H groups in total. The van der Waals surface area contributed by atoms with Gasteiger partial charge in [0.2, 0.25) is 0 Å². The maximum absolute atomic E-state index is 12.2. The van der Waals surface area contributed by atoms with Gasteiger partial charge in [0.25, 0.3) is 0 Å². The summed E-state index contributed by atoms with van der Waals surface area (Å²) in [6.45, 7) is 4.46. The molecule has 0 bridgehead atoms. The number of ether oxygens (including phenoxy) is 1. The minimum Gasteiger partial charge on any atom is -0.481 e. The summed E-state index contributed by atoms with van der Waals surface area (Å²) in [6, 6.07) is 0. The van der Waals surface area contributed by atoms with Crippen LogP contribution in [0, 0.1) is 0 Å². The number of unbranched alkanes of at least 4 members (excludes halogenated alkanes) is 14. The van der Waals surface area contributed by atoms with Crippen LogP contribution in [0.2, 0.25) is 0 Å². The zero-order valence-corrected chi connectivity index (χ0v) is 24.3. The molecule has 0 aliphatic rings. The minimum atomic E-state index is -0.893. The van der Waals surface area contributed by atoms with Crippen molar-refractivity contribution < 1.29 is 19.4 Å². The first-order valence-corrected chi connectivity index (χ1v) is 15.5. The molecule has 0 fully saturated rings. The monoisotopic (exact) mass is 518 g/mol. The predicted molar refractivity (Wildman–Crippen MR) is 158 cm³/mol. The summed E-state index contributed by atoms with van der Waals surface area (Å²) in [5.41, 5.74) is 0. The van der Waals surface area contributed by atoms with E-state index in [1.807, 2.05) is 0 Å². The third-order valence-electron chi connectivity index (χ3n) is 6.60. The van der Waals surface area contributed by atoms with Crippen molar-refractivity contribution in [3.63, 3.8) is 0 Å². The Morgan fingerprint density at radius 2 is 1.08 bits per heavy atom. The van der Waals surface area contributed by atoms with E-state index in [-0.39, 0.29) is 12.4 Å². The van der Waals surface area contributed by atoms with Gasteiger partial charge < -0.3 is 9.84 Å². The van der Waals surface area contributed by atoms with Gasteiger partial charge in [0, 0.05) is 6.42 Å². The first kappa shape index (κ1) is 35.2. The van der Waals surface area contributed by atoms with Gasteiger partial charge in [-0.2, -0.15) is 0 Å². The van der Waals surface area contributed by atoms with Crippen LogP contribution in [0.25, 0.3) is 0 Å². The second-order valence-electron chi connectivity index (χ2n) is 10.3. The van der Waals surface area contributed by atoms with Crippen molar-refractivity contribution in [3.05, 3.63) is 36.5 Å². The van der Waals surface area contributed by atoms with Gasteiger partial charge >= 0.3 is 11.9 Å². The molecule has 1 unspecified atom stereocenters. The largest absolute Gasteiger partial charge is 0.481 e. The first-order valence-electron chi connectivity index (χ1n) is 15.5. The van der Waals surface area contributed by atoms with E-state index < -0.39 is 12.1 Å². The molecule has 0 aromatic heterocycles. The van der Waals surface area contributed by atoms with E-state index in [1.54, 1.807) is 0 Å². The number of esters is 1. The van der Waals surface area contributed by atoms with Crippen LogP contribution in [-0.2, 0) is 14.3 Å². The van der Waals surface area contributed by atoms with Crippen LogP contribution in [0.3, 0.4) is 0 Å². The summed E-state index contributed by atoms with van der Waals surface area (Å²) in [7, 11) is 0. The molecule has 214 valence electrons. The third kappa shape index (κ3) is 28.6. The number of carboxylic acids is 1. The van der Waals surface area contributed by atoms with E-state index >= 15 is 0 Å². The van der Waals surface area contributed by atoms with Crippen molar-refractivity contribution in [2.75, 3.05) is 0 Å². The van der Waals surface area contributed by atoms with Gasteiger partial charge in [-0.3, -0.25) is 9.59 Å². The quantitative estimate of drug-likeness (QED) is 0.0667. The summed E-state index contributed by atoms with van der Waals surface area (Å²) in [5, 5.41) is 9.15.